The van der Waals surface area contributed by atoms with Gasteiger partial charge in [0, 0.05) is 10.5 Å². The molecule has 0 saturated carbocycles. The summed E-state index contributed by atoms with van der Waals surface area (Å²) in [5, 5.41) is 0. The molecule has 0 amide bonds. The number of nitrogens with two attached hydrogens (primary N) is 1. The Morgan fingerprint density at radius 2 is 2.05 bits per heavy atom. The van der Waals surface area contributed by atoms with E-state index in [0.29, 0.717) is 5.92 Å². The summed E-state index contributed by atoms with van der Waals surface area (Å²) in [5.74, 6) is 6.42. The van der Waals surface area contributed by atoms with Gasteiger partial charge in [0.2, 0.25) is 0 Å². The minimum absolute atomic E-state index is 0.200. The number of hydrogen-bond donors (Lipinski definition) is 2. The molecule has 2 atom stereocenters. The van der Waals surface area contributed by atoms with Crippen molar-refractivity contribution in [2.45, 2.75) is 31.7 Å². The largest absolute Gasteiger partial charge is 0.271 e. The Kier molecular flexibility index (Phi) is 3.92. The Morgan fingerprint density at radius 1 is 1.25 bits per heavy atom. The van der Waals surface area contributed by atoms with E-state index in [0.717, 1.165) is 10.9 Å². The molecule has 2 unspecified atom stereocenters. The first-order valence-corrected chi connectivity index (χ1v) is 7.79. The topological polar surface area (TPSA) is 38.0 Å². The molecule has 1 aliphatic carbocycles. The predicted molar refractivity (Wildman–Crippen MR) is 86.4 cm³/mol. The molecule has 0 saturated heterocycles. The van der Waals surface area contributed by atoms with Crippen molar-refractivity contribution in [2.24, 2.45) is 5.84 Å². The van der Waals surface area contributed by atoms with Crippen molar-refractivity contribution in [3.8, 4) is 0 Å². The SMILES string of the molecule is Cc1c(Br)cccc1C(CC1Cc2ccccc21)NN. The first-order chi connectivity index (χ1) is 9.70. The van der Waals surface area contributed by atoms with Crippen LogP contribution in [0.2, 0.25) is 0 Å². The maximum Gasteiger partial charge on any atom is 0.0468 e. The number of halogens is 1. The molecule has 0 radical (unpaired) electrons. The lowest BCUT2D eigenvalue weighted by Crippen LogP contribution is -2.32. The molecule has 0 aliphatic heterocycles. The summed E-state index contributed by atoms with van der Waals surface area (Å²) in [7, 11) is 0. The van der Waals surface area contributed by atoms with Crippen LogP contribution in [-0.4, -0.2) is 0 Å². The molecule has 0 aromatic heterocycles. The minimum Gasteiger partial charge on any atom is -0.271 e. The number of hydrogen-bond acceptors (Lipinski definition) is 2. The Balaban J connectivity index is 1.81. The lowest BCUT2D eigenvalue weighted by Gasteiger charge is -2.33. The van der Waals surface area contributed by atoms with Gasteiger partial charge in [-0.25, -0.2) is 0 Å². The molecule has 2 aromatic rings. The van der Waals surface area contributed by atoms with E-state index >= 15 is 0 Å². The number of fused-ring (bicyclic) bond motifs is 1. The van der Waals surface area contributed by atoms with Crippen LogP contribution in [0.25, 0.3) is 0 Å². The van der Waals surface area contributed by atoms with Crippen molar-refractivity contribution in [2.75, 3.05) is 0 Å². The van der Waals surface area contributed by atoms with E-state index < -0.39 is 0 Å². The fourth-order valence-corrected chi connectivity index (χ4v) is 3.53. The van der Waals surface area contributed by atoms with E-state index in [1.165, 1.54) is 28.7 Å². The molecular formula is C17H19BrN2. The van der Waals surface area contributed by atoms with Crippen LogP contribution in [0, 0.1) is 6.92 Å². The normalized spacial score (nSPS) is 18.2. The van der Waals surface area contributed by atoms with Gasteiger partial charge in [-0.15, -0.1) is 0 Å². The maximum absolute atomic E-state index is 5.81. The van der Waals surface area contributed by atoms with E-state index in [1.54, 1.807) is 0 Å². The monoisotopic (exact) mass is 330 g/mol. The molecule has 3 heteroatoms. The molecule has 20 heavy (non-hydrogen) atoms. The minimum atomic E-state index is 0.200. The third-order valence-electron chi connectivity index (χ3n) is 4.37. The highest BCUT2D eigenvalue weighted by molar-refractivity contribution is 9.10. The quantitative estimate of drug-likeness (QED) is 0.657. The molecule has 1 aliphatic rings. The van der Waals surface area contributed by atoms with Gasteiger partial charge in [-0.05, 0) is 54.0 Å². The first kappa shape index (κ1) is 13.8. The van der Waals surface area contributed by atoms with Crippen molar-refractivity contribution < 1.29 is 0 Å². The van der Waals surface area contributed by atoms with Crippen LogP contribution in [0.15, 0.2) is 46.9 Å². The summed E-state index contributed by atoms with van der Waals surface area (Å²) in [5.41, 5.74) is 8.52. The van der Waals surface area contributed by atoms with Gasteiger partial charge >= 0.3 is 0 Å². The second-order valence-corrected chi connectivity index (χ2v) is 6.36. The molecule has 2 nitrogen and oxygen atoms in total. The highest BCUT2D eigenvalue weighted by atomic mass is 79.9. The Labute approximate surface area is 128 Å². The van der Waals surface area contributed by atoms with Crippen LogP contribution in [0.1, 0.15) is 40.6 Å². The highest BCUT2D eigenvalue weighted by Crippen LogP contribution is 2.41. The summed E-state index contributed by atoms with van der Waals surface area (Å²) in [6.07, 6.45) is 2.21. The summed E-state index contributed by atoms with van der Waals surface area (Å²) in [6, 6.07) is 15.2. The van der Waals surface area contributed by atoms with Gasteiger partial charge in [0.05, 0.1) is 0 Å². The van der Waals surface area contributed by atoms with Crippen molar-refractivity contribution in [1.82, 2.24) is 5.43 Å². The summed E-state index contributed by atoms with van der Waals surface area (Å²) < 4.78 is 1.14. The van der Waals surface area contributed by atoms with Crippen molar-refractivity contribution in [1.29, 1.82) is 0 Å². The first-order valence-electron chi connectivity index (χ1n) is 6.99. The Bertz CT molecular complexity index is 624. The van der Waals surface area contributed by atoms with Crippen LogP contribution in [0.3, 0.4) is 0 Å². The molecular weight excluding hydrogens is 312 g/mol. The average Bonchev–Trinajstić information content (AvgIpc) is 2.44. The summed E-state index contributed by atoms with van der Waals surface area (Å²) in [4.78, 5) is 0. The van der Waals surface area contributed by atoms with Crippen LogP contribution < -0.4 is 11.3 Å². The number of rotatable bonds is 4. The van der Waals surface area contributed by atoms with Gasteiger partial charge in [0.25, 0.3) is 0 Å². The molecule has 3 rings (SSSR count). The van der Waals surface area contributed by atoms with Crippen LogP contribution in [0.5, 0.6) is 0 Å². The van der Waals surface area contributed by atoms with Gasteiger partial charge in [-0.2, -0.15) is 0 Å². The van der Waals surface area contributed by atoms with Gasteiger partial charge in [-0.1, -0.05) is 52.3 Å². The molecule has 2 aromatic carbocycles. The average molecular weight is 331 g/mol. The zero-order valence-electron chi connectivity index (χ0n) is 11.6. The smallest absolute Gasteiger partial charge is 0.0468 e. The lowest BCUT2D eigenvalue weighted by molar-refractivity contribution is 0.434. The van der Waals surface area contributed by atoms with E-state index in [-0.39, 0.29) is 6.04 Å². The highest BCUT2D eigenvalue weighted by Gasteiger charge is 2.28. The number of nitrogens with one attached hydrogen (secondary N) is 1. The third-order valence-corrected chi connectivity index (χ3v) is 5.23. The molecule has 0 bridgehead atoms. The zero-order chi connectivity index (χ0) is 14.1. The molecule has 0 heterocycles. The third kappa shape index (κ3) is 2.41. The maximum atomic E-state index is 5.81. The molecule has 3 N–H and O–H groups in total. The standard InChI is InChI=1S/C17H19BrN2/c1-11-14(7-4-8-16(11)18)17(20-19)10-13-9-12-5-2-3-6-15(12)13/h2-8,13,17,20H,9-10,19H2,1H3. The van der Waals surface area contributed by atoms with E-state index in [2.05, 4.69) is 70.7 Å². The number of benzene rings is 2. The van der Waals surface area contributed by atoms with E-state index in [4.69, 9.17) is 5.84 Å². The fraction of sp³-hybridized carbons (Fsp3) is 0.294. The molecule has 0 spiro atoms. The second kappa shape index (κ2) is 5.68. The van der Waals surface area contributed by atoms with Gasteiger partial charge in [0.15, 0.2) is 0 Å². The Hall–Kier alpha value is -1.16. The Morgan fingerprint density at radius 3 is 2.80 bits per heavy atom. The lowest BCUT2D eigenvalue weighted by atomic mass is 9.73. The van der Waals surface area contributed by atoms with Gasteiger partial charge < -0.3 is 0 Å². The number of hydrazine groups is 1. The van der Waals surface area contributed by atoms with E-state index in [1.807, 2.05) is 0 Å². The molecule has 0 fully saturated rings. The van der Waals surface area contributed by atoms with Crippen LogP contribution >= 0.6 is 15.9 Å². The van der Waals surface area contributed by atoms with Crippen molar-refractivity contribution in [3.05, 3.63) is 69.2 Å². The molecule has 104 valence electrons. The van der Waals surface area contributed by atoms with E-state index in [9.17, 15) is 0 Å². The fourth-order valence-electron chi connectivity index (χ4n) is 3.14. The zero-order valence-corrected chi connectivity index (χ0v) is 13.2. The van der Waals surface area contributed by atoms with Crippen molar-refractivity contribution in [3.63, 3.8) is 0 Å². The summed E-state index contributed by atoms with van der Waals surface area (Å²) in [6.45, 7) is 2.14. The second-order valence-electron chi connectivity index (χ2n) is 5.51. The van der Waals surface area contributed by atoms with Crippen LogP contribution in [0.4, 0.5) is 0 Å². The van der Waals surface area contributed by atoms with Gasteiger partial charge in [-0.3, -0.25) is 11.3 Å². The summed E-state index contributed by atoms with van der Waals surface area (Å²) >= 11 is 3.60. The van der Waals surface area contributed by atoms with Crippen molar-refractivity contribution >= 4 is 15.9 Å². The predicted octanol–water partition coefficient (Wildman–Crippen LogP) is 3.99. The van der Waals surface area contributed by atoms with Crippen LogP contribution in [-0.2, 0) is 6.42 Å². The van der Waals surface area contributed by atoms with Gasteiger partial charge in [0.1, 0.15) is 0 Å².